The van der Waals surface area contributed by atoms with Crippen molar-refractivity contribution in [3.63, 3.8) is 0 Å². The fourth-order valence-corrected chi connectivity index (χ4v) is 4.08. The molecule has 30 heavy (non-hydrogen) atoms. The Hall–Kier alpha value is -3.99. The molecule has 2 aliphatic heterocycles. The lowest BCUT2D eigenvalue weighted by atomic mass is 9.76. The van der Waals surface area contributed by atoms with E-state index in [1.54, 1.807) is 25.4 Å². The number of rotatable bonds is 3. The van der Waals surface area contributed by atoms with Crippen LogP contribution in [-0.2, 0) is 9.53 Å². The van der Waals surface area contributed by atoms with E-state index in [1.165, 1.54) is 0 Å². The van der Waals surface area contributed by atoms with Crippen molar-refractivity contribution in [2.75, 3.05) is 13.7 Å². The molecule has 0 saturated carbocycles. The number of aromatic amines is 1. The van der Waals surface area contributed by atoms with Gasteiger partial charge in [-0.2, -0.15) is 10.4 Å². The largest absolute Gasteiger partial charge is 0.495 e. The van der Waals surface area contributed by atoms with Gasteiger partial charge in [0.15, 0.2) is 0 Å². The zero-order valence-corrected chi connectivity index (χ0v) is 16.3. The molecule has 148 valence electrons. The number of allylic oxidation sites excluding steroid dienone is 1. The molecular weight excluding hydrogens is 382 g/mol. The van der Waals surface area contributed by atoms with E-state index in [2.05, 4.69) is 26.2 Å². The Morgan fingerprint density at radius 1 is 1.27 bits per heavy atom. The first-order valence-electron chi connectivity index (χ1n) is 9.44. The number of H-pyrrole nitrogens is 1. The highest BCUT2D eigenvalue weighted by Crippen LogP contribution is 2.44. The molecular formula is C22H17N5O3. The Labute approximate surface area is 171 Å². The zero-order valence-electron chi connectivity index (χ0n) is 16.3. The molecule has 1 N–H and O–H groups in total. The SMILES string of the molecule is COc1ccc(C2=C(C#N)C(c3ccc4n[nH]c(C)c4c3)C3C(=O)OCC3=N2)nc1. The standard InChI is InChI=1S/C22H17N5O3/c1-11-14-7-12(3-5-16(14)27-26-11)19-15(8-23)21(17-6-4-13(29-2)9-24-17)25-18-10-30-22(28)20(18)19/h3-7,9,19-20H,10H2,1-2H3,(H,26,27). The minimum absolute atomic E-state index is 0.116. The molecule has 5 rings (SSSR count). The molecule has 4 heterocycles. The van der Waals surface area contributed by atoms with E-state index in [9.17, 15) is 10.1 Å². The predicted molar refractivity (Wildman–Crippen MR) is 109 cm³/mol. The van der Waals surface area contributed by atoms with Crippen molar-refractivity contribution in [2.45, 2.75) is 12.8 Å². The van der Waals surface area contributed by atoms with Gasteiger partial charge in [0.2, 0.25) is 0 Å². The van der Waals surface area contributed by atoms with Gasteiger partial charge in [-0.15, -0.1) is 0 Å². The van der Waals surface area contributed by atoms with Gasteiger partial charge < -0.3 is 9.47 Å². The summed E-state index contributed by atoms with van der Waals surface area (Å²) in [5.41, 5.74) is 4.59. The highest BCUT2D eigenvalue weighted by atomic mass is 16.5. The summed E-state index contributed by atoms with van der Waals surface area (Å²) >= 11 is 0. The Bertz CT molecular complexity index is 1280. The van der Waals surface area contributed by atoms with E-state index in [4.69, 9.17) is 9.47 Å². The minimum atomic E-state index is -0.619. The van der Waals surface area contributed by atoms with Gasteiger partial charge in [0.1, 0.15) is 24.0 Å². The Balaban J connectivity index is 1.72. The van der Waals surface area contributed by atoms with Gasteiger partial charge in [-0.05, 0) is 36.8 Å². The molecule has 1 aromatic carbocycles. The van der Waals surface area contributed by atoms with Crippen molar-refractivity contribution in [2.24, 2.45) is 10.9 Å². The summed E-state index contributed by atoms with van der Waals surface area (Å²) in [6.45, 7) is 2.05. The summed E-state index contributed by atoms with van der Waals surface area (Å²) in [5.74, 6) is -0.880. The quantitative estimate of drug-likeness (QED) is 0.678. The van der Waals surface area contributed by atoms with Crippen molar-refractivity contribution in [1.29, 1.82) is 5.26 Å². The number of nitrogens with zero attached hydrogens (tertiary/aromatic N) is 4. The highest BCUT2D eigenvalue weighted by molar-refractivity contribution is 6.12. The van der Waals surface area contributed by atoms with Crippen molar-refractivity contribution < 1.29 is 14.3 Å². The van der Waals surface area contributed by atoms with Gasteiger partial charge in [0.05, 0.1) is 41.9 Å². The first-order valence-corrected chi connectivity index (χ1v) is 9.44. The molecule has 2 aromatic heterocycles. The summed E-state index contributed by atoms with van der Waals surface area (Å²) in [6, 6.07) is 11.6. The van der Waals surface area contributed by atoms with E-state index in [0.29, 0.717) is 28.4 Å². The third kappa shape index (κ3) is 2.67. The van der Waals surface area contributed by atoms with Crippen molar-refractivity contribution >= 4 is 28.3 Å². The Morgan fingerprint density at radius 2 is 2.13 bits per heavy atom. The number of aryl methyl sites for hydroxylation is 1. The van der Waals surface area contributed by atoms with Crippen LogP contribution in [0.15, 0.2) is 47.1 Å². The predicted octanol–water partition coefficient (Wildman–Crippen LogP) is 2.92. The van der Waals surface area contributed by atoms with Crippen LogP contribution in [0.25, 0.3) is 16.6 Å². The molecule has 0 aliphatic carbocycles. The van der Waals surface area contributed by atoms with E-state index in [0.717, 1.165) is 22.2 Å². The van der Waals surface area contributed by atoms with Crippen LogP contribution >= 0.6 is 0 Å². The van der Waals surface area contributed by atoms with E-state index in [1.807, 2.05) is 25.1 Å². The molecule has 0 spiro atoms. The van der Waals surface area contributed by atoms with Crippen LogP contribution in [0.1, 0.15) is 22.9 Å². The highest BCUT2D eigenvalue weighted by Gasteiger charge is 2.46. The second-order valence-corrected chi connectivity index (χ2v) is 7.25. The fourth-order valence-electron chi connectivity index (χ4n) is 4.08. The van der Waals surface area contributed by atoms with Crippen molar-refractivity contribution in [3.8, 4) is 11.8 Å². The number of esters is 1. The summed E-state index contributed by atoms with van der Waals surface area (Å²) in [6.07, 6.45) is 1.58. The number of aliphatic imine (C=N–C) groups is 1. The van der Waals surface area contributed by atoms with Crippen molar-refractivity contribution in [3.05, 3.63) is 59.1 Å². The monoisotopic (exact) mass is 399 g/mol. The number of pyridine rings is 1. The summed E-state index contributed by atoms with van der Waals surface area (Å²) in [5, 5.41) is 18.3. The number of aromatic nitrogens is 3. The molecule has 2 unspecified atom stereocenters. The molecule has 2 atom stereocenters. The van der Waals surface area contributed by atoms with Crippen LogP contribution in [0.2, 0.25) is 0 Å². The molecule has 1 saturated heterocycles. The number of hydrogen-bond acceptors (Lipinski definition) is 7. The van der Waals surface area contributed by atoms with Crippen LogP contribution in [-0.4, -0.2) is 40.6 Å². The molecule has 0 bridgehead atoms. The summed E-state index contributed by atoms with van der Waals surface area (Å²) in [7, 11) is 1.56. The lowest BCUT2D eigenvalue weighted by molar-refractivity contribution is -0.141. The smallest absolute Gasteiger partial charge is 0.316 e. The number of nitrogens with one attached hydrogen (secondary N) is 1. The van der Waals surface area contributed by atoms with E-state index >= 15 is 0 Å². The normalized spacial score (nSPS) is 20.6. The average Bonchev–Trinajstić information content (AvgIpc) is 3.34. The summed E-state index contributed by atoms with van der Waals surface area (Å²) < 4.78 is 10.5. The Kier molecular flexibility index (Phi) is 4.10. The van der Waals surface area contributed by atoms with E-state index < -0.39 is 11.8 Å². The molecule has 0 amide bonds. The van der Waals surface area contributed by atoms with Gasteiger partial charge in [-0.3, -0.25) is 14.9 Å². The number of cyclic esters (lactones) is 1. The minimum Gasteiger partial charge on any atom is -0.495 e. The second kappa shape index (κ2) is 6.81. The number of benzene rings is 1. The van der Waals surface area contributed by atoms with Crippen LogP contribution in [0.4, 0.5) is 0 Å². The molecule has 8 heteroatoms. The molecule has 1 fully saturated rings. The van der Waals surface area contributed by atoms with E-state index in [-0.39, 0.29) is 12.6 Å². The number of carbonyl (C=O) groups excluding carboxylic acids is 1. The van der Waals surface area contributed by atoms with Gasteiger partial charge in [0.25, 0.3) is 0 Å². The number of methoxy groups -OCH3 is 1. The molecule has 8 nitrogen and oxygen atoms in total. The maximum Gasteiger partial charge on any atom is 0.316 e. The second-order valence-electron chi connectivity index (χ2n) is 7.25. The first-order chi connectivity index (χ1) is 14.6. The van der Waals surface area contributed by atoms with Gasteiger partial charge >= 0.3 is 5.97 Å². The molecule has 0 radical (unpaired) electrons. The maximum absolute atomic E-state index is 12.6. The van der Waals surface area contributed by atoms with Crippen LogP contribution in [0, 0.1) is 24.2 Å². The zero-order chi connectivity index (χ0) is 20.8. The van der Waals surface area contributed by atoms with Crippen LogP contribution < -0.4 is 4.74 Å². The average molecular weight is 399 g/mol. The lowest BCUT2D eigenvalue weighted by Crippen LogP contribution is -2.29. The number of carbonyl (C=O) groups is 1. The lowest BCUT2D eigenvalue weighted by Gasteiger charge is -2.26. The number of nitriles is 1. The molecule has 2 aliphatic rings. The maximum atomic E-state index is 12.6. The first kappa shape index (κ1) is 18.1. The number of ether oxygens (including phenoxy) is 2. The van der Waals surface area contributed by atoms with Crippen molar-refractivity contribution in [1.82, 2.24) is 15.2 Å². The fraction of sp³-hybridized carbons (Fsp3) is 0.227. The topological polar surface area (TPSA) is 113 Å². The summed E-state index contributed by atoms with van der Waals surface area (Å²) in [4.78, 5) is 21.6. The number of hydrogen-bond donors (Lipinski definition) is 1. The van der Waals surface area contributed by atoms with Gasteiger partial charge in [-0.25, -0.2) is 4.99 Å². The third-order valence-corrected chi connectivity index (χ3v) is 5.59. The van der Waals surface area contributed by atoms with Gasteiger partial charge in [-0.1, -0.05) is 6.07 Å². The number of fused-ring (bicyclic) bond motifs is 2. The van der Waals surface area contributed by atoms with Crippen LogP contribution in [0.5, 0.6) is 5.75 Å². The third-order valence-electron chi connectivity index (χ3n) is 5.59. The Morgan fingerprint density at radius 3 is 2.87 bits per heavy atom. The molecule has 3 aromatic rings. The van der Waals surface area contributed by atoms with Gasteiger partial charge in [0, 0.05) is 17.0 Å². The van der Waals surface area contributed by atoms with Crippen LogP contribution in [0.3, 0.4) is 0 Å².